The van der Waals surface area contributed by atoms with Crippen molar-refractivity contribution < 1.29 is 38.6 Å². The van der Waals surface area contributed by atoms with E-state index in [1.165, 1.54) is 34.7 Å². The van der Waals surface area contributed by atoms with Gasteiger partial charge in [0.2, 0.25) is 17.7 Å². The molecule has 3 aromatic heterocycles. The van der Waals surface area contributed by atoms with Crippen molar-refractivity contribution in [3.8, 4) is 28.0 Å². The van der Waals surface area contributed by atoms with Crippen LogP contribution in [-0.4, -0.2) is 99.6 Å². The summed E-state index contributed by atoms with van der Waals surface area (Å²) in [5.74, 6) is 5.55. The molecule has 428 valence electrons. The van der Waals surface area contributed by atoms with Crippen LogP contribution in [0.5, 0.6) is 5.75 Å². The molecule has 2 aliphatic heterocycles. The average molecular weight is 1160 g/mol. The number of hydrogen-bond acceptors (Lipinski definition) is 15. The summed E-state index contributed by atoms with van der Waals surface area (Å²) in [6.07, 6.45) is 5.44. The molecule has 0 radical (unpaired) electrons. The van der Waals surface area contributed by atoms with Crippen LogP contribution >= 0.6 is 34.0 Å². The number of methoxy groups -OCH3 is 1. The molecule has 1 fully saturated rings. The fourth-order valence-corrected chi connectivity index (χ4v) is 13.1. The van der Waals surface area contributed by atoms with Gasteiger partial charge in [0.05, 0.1) is 52.2 Å². The van der Waals surface area contributed by atoms with E-state index < -0.39 is 29.6 Å². The highest BCUT2D eigenvalue weighted by atomic mass is 32.1. The minimum Gasteiger partial charge on any atom is -0.494 e. The molecule has 82 heavy (non-hydrogen) atoms. The highest BCUT2D eigenvalue weighted by molar-refractivity contribution is 7.22. The van der Waals surface area contributed by atoms with E-state index in [9.17, 15) is 29.1 Å². The van der Waals surface area contributed by atoms with Crippen molar-refractivity contribution in [2.75, 3.05) is 37.0 Å². The summed E-state index contributed by atoms with van der Waals surface area (Å²) < 4.78 is 12.2. The van der Waals surface area contributed by atoms with Gasteiger partial charge in [0.25, 0.3) is 5.91 Å². The SMILES string of the molecule is COC(=O)c1nc(N2CCc3cccc(C(=O)Nc4nc5ccccc5s4)c3C2)sc1CCCOc1ccc(C#CCCCCCCC(=O)N[C@H](C(=O)N2C[C@H](O)C[C@H]2C(=O)N[C@@H](C)c2ccc(-c3scnc3C)cc2)C(C)(C)C)cc1. The number of nitrogens with one attached hydrogen (secondary N) is 3. The van der Waals surface area contributed by atoms with Crippen LogP contribution in [0.1, 0.15) is 139 Å². The van der Waals surface area contributed by atoms with Gasteiger partial charge in [-0.1, -0.05) is 105 Å². The molecule has 0 bridgehead atoms. The van der Waals surface area contributed by atoms with Crippen LogP contribution in [0.3, 0.4) is 0 Å². The van der Waals surface area contributed by atoms with Gasteiger partial charge in [0.15, 0.2) is 16.0 Å². The van der Waals surface area contributed by atoms with Crippen molar-refractivity contribution >= 4 is 84.1 Å². The Morgan fingerprint density at radius 3 is 2.41 bits per heavy atom. The Morgan fingerprint density at radius 2 is 1.67 bits per heavy atom. The van der Waals surface area contributed by atoms with Gasteiger partial charge in [-0.3, -0.25) is 24.5 Å². The number of amides is 4. The van der Waals surface area contributed by atoms with Gasteiger partial charge >= 0.3 is 5.97 Å². The van der Waals surface area contributed by atoms with Crippen LogP contribution in [0.2, 0.25) is 0 Å². The zero-order valence-electron chi connectivity index (χ0n) is 47.2. The van der Waals surface area contributed by atoms with Gasteiger partial charge in [0, 0.05) is 54.9 Å². The van der Waals surface area contributed by atoms with Crippen LogP contribution in [0.4, 0.5) is 10.3 Å². The molecule has 4 aromatic carbocycles. The van der Waals surface area contributed by atoms with Gasteiger partial charge < -0.3 is 35.0 Å². The first-order valence-electron chi connectivity index (χ1n) is 27.9. The normalized spacial score (nSPS) is 15.7. The zero-order valence-corrected chi connectivity index (χ0v) is 49.7. The Kier molecular flexibility index (Phi) is 19.5. The largest absolute Gasteiger partial charge is 0.494 e. The van der Waals surface area contributed by atoms with Crippen LogP contribution in [0.25, 0.3) is 20.7 Å². The number of thiazole rings is 3. The van der Waals surface area contributed by atoms with E-state index in [0.717, 1.165) is 79.2 Å². The van der Waals surface area contributed by atoms with Crippen molar-refractivity contribution in [2.24, 2.45) is 5.41 Å². The second-order valence-corrected chi connectivity index (χ2v) is 24.8. The molecule has 7 aromatic rings. The fraction of sp³-hybridized carbons (Fsp3) is 0.397. The molecule has 0 unspecified atom stereocenters. The number of carbonyl (C=O) groups excluding carboxylic acids is 5. The number of ether oxygens (including phenoxy) is 2. The minimum absolute atomic E-state index is 0.0114. The van der Waals surface area contributed by atoms with E-state index in [2.05, 4.69) is 48.7 Å². The molecule has 19 heteroatoms. The number of β-amino-alcohol motifs (C(OH)–C–C–N with tert-alkyl or cyclic N) is 1. The molecule has 4 amide bonds. The number of rotatable bonds is 21. The maximum atomic E-state index is 14.1. The second-order valence-electron chi connectivity index (χ2n) is 21.9. The van der Waals surface area contributed by atoms with Gasteiger partial charge in [0.1, 0.15) is 17.8 Å². The summed E-state index contributed by atoms with van der Waals surface area (Å²) in [4.78, 5) is 86.9. The summed E-state index contributed by atoms with van der Waals surface area (Å²) in [5, 5.41) is 21.0. The number of esters is 1. The third kappa shape index (κ3) is 14.8. The summed E-state index contributed by atoms with van der Waals surface area (Å²) in [6, 6.07) is 27.2. The van der Waals surface area contributed by atoms with Crippen LogP contribution in [0.15, 0.2) is 96.5 Å². The molecule has 5 heterocycles. The number of benzene rings is 4. The van der Waals surface area contributed by atoms with E-state index in [-0.39, 0.29) is 49.1 Å². The molecule has 4 atom stereocenters. The lowest BCUT2D eigenvalue weighted by molar-refractivity contribution is -0.144. The number of aromatic nitrogens is 3. The average Bonchev–Trinajstić information content (AvgIpc) is 4.46. The number of hydrogen-bond donors (Lipinski definition) is 4. The van der Waals surface area contributed by atoms with Gasteiger partial charge in [-0.25, -0.2) is 19.7 Å². The predicted molar refractivity (Wildman–Crippen MR) is 323 cm³/mol. The second kappa shape index (κ2) is 27.1. The quantitative estimate of drug-likeness (QED) is 0.0301. The summed E-state index contributed by atoms with van der Waals surface area (Å²) in [5.41, 5.74) is 8.75. The van der Waals surface area contributed by atoms with Gasteiger partial charge in [-0.05, 0) is 116 Å². The van der Waals surface area contributed by atoms with Crippen molar-refractivity contribution in [1.29, 1.82) is 0 Å². The molecule has 9 rings (SSSR count). The zero-order chi connectivity index (χ0) is 57.9. The Bertz CT molecular complexity index is 3430. The highest BCUT2D eigenvalue weighted by Crippen LogP contribution is 2.35. The predicted octanol–water partition coefficient (Wildman–Crippen LogP) is 10.9. The number of unbranched alkanes of at least 4 members (excludes halogenated alkanes) is 4. The molecule has 0 aliphatic carbocycles. The van der Waals surface area contributed by atoms with Crippen LogP contribution in [0, 0.1) is 24.2 Å². The molecule has 1 saturated heterocycles. The first-order valence-corrected chi connectivity index (χ1v) is 30.4. The summed E-state index contributed by atoms with van der Waals surface area (Å²) in [7, 11) is 1.36. The molecule has 0 spiro atoms. The standard InChI is InChI=1S/C63H70N8O8S3/c1-39(42-26-28-44(29-27-42)55-40(2)64-38-80-55)65-58(75)50-35-45(72)36-71(50)59(76)56(63(3,4)5)67-53(73)23-12-10-8-7-9-11-17-41-24-30-46(31-25-41)79-34-16-22-52-54(60(77)78-6)68-62(82-52)70-33-32-43-18-15-19-47(48(43)37-70)57(74)69-61-66-49-20-13-14-21-51(49)81-61/h13-15,18-21,24-31,38-39,45,50,56,72H,7-10,12,16,22-23,32-37H2,1-6H3,(H,65,75)(H,67,73)(H,66,69,74)/t39-,45+,50-,56+/m0/s1. The number of likely N-dealkylation sites (tertiary alicyclic amines) is 1. The van der Waals surface area contributed by atoms with Gasteiger partial charge in [-0.2, -0.15) is 0 Å². The van der Waals surface area contributed by atoms with E-state index in [0.29, 0.717) is 72.6 Å². The van der Waals surface area contributed by atoms with Crippen molar-refractivity contribution in [1.82, 2.24) is 30.5 Å². The maximum Gasteiger partial charge on any atom is 0.357 e. The first-order chi connectivity index (χ1) is 39.5. The summed E-state index contributed by atoms with van der Waals surface area (Å²) in [6.45, 7) is 11.1. The first kappa shape index (κ1) is 59.1. The van der Waals surface area contributed by atoms with E-state index in [4.69, 9.17) is 14.5 Å². The Hall–Kier alpha value is -7.50. The maximum absolute atomic E-state index is 14.1. The molecule has 16 nitrogen and oxygen atoms in total. The third-order valence-electron chi connectivity index (χ3n) is 14.8. The lowest BCUT2D eigenvalue weighted by Gasteiger charge is -2.35. The van der Waals surface area contributed by atoms with E-state index in [1.54, 1.807) is 11.3 Å². The molecule has 2 aliphatic rings. The number of aliphatic hydroxyl groups is 1. The number of carbonyl (C=O) groups is 5. The molecular weight excluding hydrogens is 1090 g/mol. The highest BCUT2D eigenvalue weighted by Gasteiger charge is 2.45. The Balaban J connectivity index is 0.679. The number of nitrogens with zero attached hydrogens (tertiary/aromatic N) is 5. The number of anilines is 2. The third-order valence-corrected chi connectivity index (χ3v) is 17.9. The number of para-hydroxylation sites is 1. The number of aryl methyl sites for hydroxylation is 2. The molecule has 0 saturated carbocycles. The molecular formula is C63H70N8O8S3. The smallest absolute Gasteiger partial charge is 0.357 e. The number of fused-ring (bicyclic) bond motifs is 2. The van der Waals surface area contributed by atoms with Crippen molar-refractivity contribution in [3.05, 3.63) is 141 Å². The summed E-state index contributed by atoms with van der Waals surface area (Å²) >= 11 is 4.48. The topological polar surface area (TPSA) is 205 Å². The lowest BCUT2D eigenvalue weighted by Crippen LogP contribution is -2.57. The van der Waals surface area contributed by atoms with E-state index in [1.807, 2.05) is 125 Å². The van der Waals surface area contributed by atoms with Crippen LogP contribution < -0.4 is 25.6 Å². The monoisotopic (exact) mass is 1160 g/mol. The Labute approximate surface area is 491 Å². The number of aliphatic hydroxyl groups excluding tert-OH is 1. The van der Waals surface area contributed by atoms with Crippen molar-refractivity contribution in [3.63, 3.8) is 0 Å². The minimum atomic E-state index is -0.883. The molecule has 4 N–H and O–H groups in total. The lowest BCUT2D eigenvalue weighted by atomic mass is 9.85. The van der Waals surface area contributed by atoms with Gasteiger partial charge in [-0.15, -0.1) is 22.7 Å². The van der Waals surface area contributed by atoms with Crippen LogP contribution in [-0.2, 0) is 38.5 Å². The Morgan fingerprint density at radius 1 is 0.890 bits per heavy atom. The van der Waals surface area contributed by atoms with E-state index >= 15 is 0 Å². The fourth-order valence-electron chi connectivity index (χ4n) is 10.3. The van der Waals surface area contributed by atoms with Crippen molar-refractivity contribution in [2.45, 2.75) is 130 Å².